The van der Waals surface area contributed by atoms with Crippen LogP contribution in [0.25, 0.3) is 11.4 Å². The second-order valence-electron chi connectivity index (χ2n) is 5.86. The molecule has 3 aromatic rings. The van der Waals surface area contributed by atoms with E-state index in [1.165, 1.54) is 11.0 Å². The number of carbonyl (C=O) groups excluding carboxylic acids is 1. The van der Waals surface area contributed by atoms with Crippen LogP contribution >= 0.6 is 0 Å². The van der Waals surface area contributed by atoms with Crippen LogP contribution in [0.1, 0.15) is 22.2 Å². The SMILES string of the molecule is O=C(c1ccc(F)c(F)c1)N1CC(c2nc(-c3ccccc3)no2)C1. The van der Waals surface area contributed by atoms with Crippen LogP contribution < -0.4 is 0 Å². The Morgan fingerprint density at radius 3 is 2.56 bits per heavy atom. The molecule has 2 heterocycles. The minimum absolute atomic E-state index is 0.0563. The van der Waals surface area contributed by atoms with E-state index in [-0.39, 0.29) is 17.4 Å². The fourth-order valence-electron chi connectivity index (χ4n) is 2.72. The third kappa shape index (κ3) is 2.88. The summed E-state index contributed by atoms with van der Waals surface area (Å²) in [5.74, 6) is -1.45. The lowest BCUT2D eigenvalue weighted by Gasteiger charge is -2.37. The van der Waals surface area contributed by atoms with Gasteiger partial charge < -0.3 is 9.42 Å². The second kappa shape index (κ2) is 6.08. The fourth-order valence-corrected chi connectivity index (χ4v) is 2.72. The molecule has 1 aliphatic heterocycles. The molecule has 1 saturated heterocycles. The maximum atomic E-state index is 13.3. The number of nitrogens with zero attached hydrogens (tertiary/aromatic N) is 3. The van der Waals surface area contributed by atoms with E-state index in [0.717, 1.165) is 17.7 Å². The summed E-state index contributed by atoms with van der Waals surface area (Å²) in [4.78, 5) is 18.2. The first-order valence-corrected chi connectivity index (χ1v) is 7.75. The number of amides is 1. The average molecular weight is 341 g/mol. The molecule has 2 aromatic carbocycles. The van der Waals surface area contributed by atoms with E-state index < -0.39 is 11.6 Å². The maximum absolute atomic E-state index is 13.3. The molecule has 0 spiro atoms. The molecule has 126 valence electrons. The van der Waals surface area contributed by atoms with Gasteiger partial charge in [0.15, 0.2) is 11.6 Å². The molecule has 25 heavy (non-hydrogen) atoms. The third-order valence-corrected chi connectivity index (χ3v) is 4.16. The topological polar surface area (TPSA) is 59.2 Å². The molecular weight excluding hydrogens is 328 g/mol. The van der Waals surface area contributed by atoms with Crippen LogP contribution in [-0.2, 0) is 0 Å². The smallest absolute Gasteiger partial charge is 0.254 e. The molecule has 7 heteroatoms. The van der Waals surface area contributed by atoms with Crippen LogP contribution in [-0.4, -0.2) is 34.0 Å². The highest BCUT2D eigenvalue weighted by Gasteiger charge is 2.36. The van der Waals surface area contributed by atoms with Crippen LogP contribution in [0.4, 0.5) is 8.78 Å². The van der Waals surface area contributed by atoms with Crippen LogP contribution in [0.3, 0.4) is 0 Å². The van der Waals surface area contributed by atoms with Crippen LogP contribution in [0, 0.1) is 11.6 Å². The minimum Gasteiger partial charge on any atom is -0.339 e. The van der Waals surface area contributed by atoms with Crippen molar-refractivity contribution < 1.29 is 18.1 Å². The van der Waals surface area contributed by atoms with E-state index in [9.17, 15) is 13.6 Å². The van der Waals surface area contributed by atoms with E-state index in [1.54, 1.807) is 0 Å². The molecule has 1 aliphatic rings. The molecule has 0 aliphatic carbocycles. The number of hydrogen-bond donors (Lipinski definition) is 0. The molecule has 4 rings (SSSR count). The number of rotatable bonds is 3. The summed E-state index contributed by atoms with van der Waals surface area (Å²) in [7, 11) is 0. The Hall–Kier alpha value is -3.09. The van der Waals surface area contributed by atoms with Crippen molar-refractivity contribution in [3.63, 3.8) is 0 Å². The van der Waals surface area contributed by atoms with Gasteiger partial charge in [0, 0.05) is 24.2 Å². The number of likely N-dealkylation sites (tertiary alicyclic amines) is 1. The minimum atomic E-state index is -1.03. The zero-order valence-electron chi connectivity index (χ0n) is 13.0. The monoisotopic (exact) mass is 341 g/mol. The van der Waals surface area contributed by atoms with Gasteiger partial charge in [-0.1, -0.05) is 35.5 Å². The summed E-state index contributed by atoms with van der Waals surface area (Å²) < 4.78 is 31.5. The summed E-state index contributed by atoms with van der Waals surface area (Å²) in [6, 6.07) is 12.6. The molecular formula is C18H13F2N3O2. The summed E-state index contributed by atoms with van der Waals surface area (Å²) >= 11 is 0. The van der Waals surface area contributed by atoms with Crippen LogP contribution in [0.5, 0.6) is 0 Å². The highest BCUT2D eigenvalue weighted by molar-refractivity contribution is 5.94. The van der Waals surface area contributed by atoms with Gasteiger partial charge in [-0.15, -0.1) is 0 Å². The largest absolute Gasteiger partial charge is 0.339 e. The van der Waals surface area contributed by atoms with Gasteiger partial charge >= 0.3 is 0 Å². The normalized spacial score (nSPS) is 14.4. The first-order chi connectivity index (χ1) is 12.1. The van der Waals surface area contributed by atoms with Gasteiger partial charge in [0.1, 0.15) is 0 Å². The Labute approximate surface area is 141 Å². The number of benzene rings is 2. The molecule has 5 nitrogen and oxygen atoms in total. The first-order valence-electron chi connectivity index (χ1n) is 7.75. The summed E-state index contributed by atoms with van der Waals surface area (Å²) in [5, 5.41) is 3.96. The summed E-state index contributed by atoms with van der Waals surface area (Å²) in [6.07, 6.45) is 0. The van der Waals surface area contributed by atoms with Gasteiger partial charge in [0.05, 0.1) is 5.92 Å². The van der Waals surface area contributed by atoms with Gasteiger partial charge in [-0.05, 0) is 18.2 Å². The van der Waals surface area contributed by atoms with Crippen molar-refractivity contribution in [2.75, 3.05) is 13.1 Å². The predicted octanol–water partition coefficient (Wildman–Crippen LogP) is 3.25. The highest BCUT2D eigenvalue weighted by Crippen LogP contribution is 2.29. The molecule has 0 saturated carbocycles. The molecule has 1 aromatic heterocycles. The van der Waals surface area contributed by atoms with Crippen molar-refractivity contribution in [2.24, 2.45) is 0 Å². The van der Waals surface area contributed by atoms with Gasteiger partial charge in [0.2, 0.25) is 11.7 Å². The first kappa shape index (κ1) is 15.4. The zero-order valence-corrected chi connectivity index (χ0v) is 13.0. The van der Waals surface area contributed by atoms with Crippen LogP contribution in [0.15, 0.2) is 53.1 Å². The average Bonchev–Trinajstić information content (AvgIpc) is 3.06. The van der Waals surface area contributed by atoms with Gasteiger partial charge in [-0.25, -0.2) is 8.78 Å². The van der Waals surface area contributed by atoms with Crippen molar-refractivity contribution in [1.29, 1.82) is 0 Å². The zero-order chi connectivity index (χ0) is 17.4. The predicted molar refractivity (Wildman–Crippen MR) is 84.7 cm³/mol. The Morgan fingerprint density at radius 1 is 1.08 bits per heavy atom. The Morgan fingerprint density at radius 2 is 1.84 bits per heavy atom. The van der Waals surface area contributed by atoms with Gasteiger partial charge in [0.25, 0.3) is 5.91 Å². The van der Waals surface area contributed by atoms with E-state index in [4.69, 9.17) is 4.52 Å². The maximum Gasteiger partial charge on any atom is 0.254 e. The molecule has 0 bridgehead atoms. The molecule has 0 N–H and O–H groups in total. The standard InChI is InChI=1S/C18H13F2N3O2/c19-14-7-6-12(8-15(14)20)18(24)23-9-13(10-23)17-21-16(22-25-17)11-4-2-1-3-5-11/h1-8,13H,9-10H2. The van der Waals surface area contributed by atoms with E-state index in [2.05, 4.69) is 10.1 Å². The lowest BCUT2D eigenvalue weighted by Crippen LogP contribution is -2.48. The van der Waals surface area contributed by atoms with E-state index >= 15 is 0 Å². The quantitative estimate of drug-likeness (QED) is 0.734. The van der Waals surface area contributed by atoms with Gasteiger partial charge in [-0.3, -0.25) is 4.79 Å². The van der Waals surface area contributed by atoms with Gasteiger partial charge in [-0.2, -0.15) is 4.98 Å². The third-order valence-electron chi connectivity index (χ3n) is 4.16. The van der Waals surface area contributed by atoms with Crippen molar-refractivity contribution in [2.45, 2.75) is 5.92 Å². The summed E-state index contributed by atoms with van der Waals surface area (Å²) in [5.41, 5.74) is 0.972. The van der Waals surface area contributed by atoms with Crippen LogP contribution in [0.2, 0.25) is 0 Å². The van der Waals surface area contributed by atoms with Crippen molar-refractivity contribution >= 4 is 5.91 Å². The van der Waals surface area contributed by atoms with E-state index in [0.29, 0.717) is 24.8 Å². The molecule has 0 radical (unpaired) electrons. The van der Waals surface area contributed by atoms with Crippen molar-refractivity contribution in [3.8, 4) is 11.4 Å². The van der Waals surface area contributed by atoms with Crippen molar-refractivity contribution in [3.05, 3.63) is 71.6 Å². The Bertz CT molecular complexity index is 921. The number of aromatic nitrogens is 2. The second-order valence-corrected chi connectivity index (χ2v) is 5.86. The number of halogens is 2. The summed E-state index contributed by atoms with van der Waals surface area (Å²) in [6.45, 7) is 0.794. The lowest BCUT2D eigenvalue weighted by atomic mass is 9.98. The van der Waals surface area contributed by atoms with E-state index in [1.807, 2.05) is 30.3 Å². The van der Waals surface area contributed by atoms with Crippen molar-refractivity contribution in [1.82, 2.24) is 15.0 Å². The molecule has 0 atom stereocenters. The molecule has 0 unspecified atom stereocenters. The number of hydrogen-bond acceptors (Lipinski definition) is 4. The Kier molecular flexibility index (Phi) is 3.76. The highest BCUT2D eigenvalue weighted by atomic mass is 19.2. The fraction of sp³-hybridized carbons (Fsp3) is 0.167. The number of carbonyl (C=O) groups is 1. The molecule has 1 fully saturated rings. The lowest BCUT2D eigenvalue weighted by molar-refractivity contribution is 0.0568. The Balaban J connectivity index is 1.43. The molecule has 1 amide bonds.